The fourth-order valence-corrected chi connectivity index (χ4v) is 2.49. The summed E-state index contributed by atoms with van der Waals surface area (Å²) < 4.78 is 2.40. The van der Waals surface area contributed by atoms with Gasteiger partial charge < -0.3 is 5.32 Å². The molecule has 0 aliphatic rings. The predicted molar refractivity (Wildman–Crippen MR) is 89.6 cm³/mol. The predicted octanol–water partition coefficient (Wildman–Crippen LogP) is 3.72. The van der Waals surface area contributed by atoms with Gasteiger partial charge in [0.1, 0.15) is 6.33 Å². The number of para-hydroxylation sites is 1. The molecule has 1 heterocycles. The summed E-state index contributed by atoms with van der Waals surface area (Å²) in [6.45, 7) is 8.56. The molecule has 0 atom stereocenters. The van der Waals surface area contributed by atoms with E-state index < -0.39 is 0 Å². The Balaban J connectivity index is 2.52. The minimum Gasteiger partial charge on any atom is -0.351 e. The Morgan fingerprint density at radius 2 is 1.95 bits per heavy atom. The van der Waals surface area contributed by atoms with Gasteiger partial charge in [0.25, 0.3) is 0 Å². The van der Waals surface area contributed by atoms with Gasteiger partial charge in [0, 0.05) is 6.54 Å². The van der Waals surface area contributed by atoms with E-state index >= 15 is 0 Å². The molecule has 1 N–H and O–H groups in total. The first kappa shape index (κ1) is 15.4. The molecule has 1 aromatic heterocycles. The largest absolute Gasteiger partial charge is 0.351 e. The van der Waals surface area contributed by atoms with E-state index in [4.69, 9.17) is 12.2 Å². The van der Waals surface area contributed by atoms with E-state index in [0.29, 0.717) is 17.3 Å². The van der Waals surface area contributed by atoms with Crippen LogP contribution in [0.3, 0.4) is 0 Å². The summed E-state index contributed by atoms with van der Waals surface area (Å²) in [5, 5.41) is 3.05. The summed E-state index contributed by atoms with van der Waals surface area (Å²) in [6.07, 6.45) is 5.40. The van der Waals surface area contributed by atoms with Crippen LogP contribution in [-0.4, -0.2) is 21.1 Å². The third kappa shape index (κ3) is 3.36. The lowest BCUT2D eigenvalue weighted by molar-refractivity contribution is 0.863. The van der Waals surface area contributed by atoms with Gasteiger partial charge in [0.2, 0.25) is 10.7 Å². The van der Waals surface area contributed by atoms with Gasteiger partial charge in [-0.3, -0.25) is 4.57 Å². The van der Waals surface area contributed by atoms with Gasteiger partial charge in [-0.05, 0) is 36.2 Å². The molecule has 0 saturated heterocycles. The maximum atomic E-state index is 5.43. The number of nitrogens with one attached hydrogen (secondary N) is 1. The number of hydrogen-bond donors (Lipinski definition) is 1. The number of hydrogen-bond acceptors (Lipinski definition) is 4. The molecule has 2 aromatic rings. The van der Waals surface area contributed by atoms with E-state index in [1.807, 2.05) is 4.57 Å². The second kappa shape index (κ2) is 7.13. The first-order chi connectivity index (χ1) is 10.2. The number of nitrogens with zero attached hydrogens (tertiary/aromatic N) is 3. The topological polar surface area (TPSA) is 42.7 Å². The van der Waals surface area contributed by atoms with Crippen molar-refractivity contribution >= 4 is 18.2 Å². The van der Waals surface area contributed by atoms with Crippen LogP contribution < -0.4 is 5.32 Å². The molecule has 110 valence electrons. The third-order valence-electron chi connectivity index (χ3n) is 3.31. The number of benzene rings is 1. The van der Waals surface area contributed by atoms with E-state index in [0.717, 1.165) is 18.5 Å². The van der Waals surface area contributed by atoms with Crippen molar-refractivity contribution in [3.63, 3.8) is 0 Å². The number of anilines is 1. The quantitative estimate of drug-likeness (QED) is 0.652. The van der Waals surface area contributed by atoms with Gasteiger partial charge in [0.05, 0.1) is 5.69 Å². The van der Waals surface area contributed by atoms with Crippen LogP contribution in [0, 0.1) is 4.77 Å². The zero-order valence-electron chi connectivity index (χ0n) is 12.5. The Morgan fingerprint density at radius 3 is 2.48 bits per heavy atom. The normalized spacial score (nSPS) is 10.4. The van der Waals surface area contributed by atoms with E-state index in [-0.39, 0.29) is 0 Å². The van der Waals surface area contributed by atoms with Crippen LogP contribution in [0.4, 0.5) is 5.95 Å². The molecule has 1 aromatic carbocycles. The molecule has 0 aliphatic heterocycles. The highest BCUT2D eigenvalue weighted by Crippen LogP contribution is 2.21. The van der Waals surface area contributed by atoms with Gasteiger partial charge in [-0.25, -0.2) is 4.98 Å². The summed E-state index contributed by atoms with van der Waals surface area (Å²) >= 11 is 5.43. The van der Waals surface area contributed by atoms with Crippen LogP contribution in [0.2, 0.25) is 0 Å². The molecule has 0 unspecified atom stereocenters. The van der Waals surface area contributed by atoms with Gasteiger partial charge >= 0.3 is 0 Å². The van der Waals surface area contributed by atoms with Crippen molar-refractivity contribution in [2.45, 2.75) is 26.7 Å². The SMILES string of the molecule is C=CCNc1ncn(-c2c(CC)cccc2CC)c(=S)n1. The van der Waals surface area contributed by atoms with Crippen LogP contribution in [0.25, 0.3) is 5.69 Å². The van der Waals surface area contributed by atoms with Crippen molar-refractivity contribution in [3.8, 4) is 5.69 Å². The van der Waals surface area contributed by atoms with Crippen molar-refractivity contribution in [1.29, 1.82) is 0 Å². The lowest BCUT2D eigenvalue weighted by Gasteiger charge is -2.15. The minimum absolute atomic E-state index is 0.507. The first-order valence-electron chi connectivity index (χ1n) is 7.12. The zero-order chi connectivity index (χ0) is 15.2. The number of rotatable bonds is 6. The molecule has 0 amide bonds. The van der Waals surface area contributed by atoms with Gasteiger partial charge in [-0.1, -0.05) is 38.1 Å². The Morgan fingerprint density at radius 1 is 1.29 bits per heavy atom. The molecule has 0 bridgehead atoms. The Labute approximate surface area is 130 Å². The van der Waals surface area contributed by atoms with Crippen molar-refractivity contribution in [1.82, 2.24) is 14.5 Å². The summed E-state index contributed by atoms with van der Waals surface area (Å²) in [6, 6.07) is 6.34. The smallest absolute Gasteiger partial charge is 0.227 e. The maximum Gasteiger partial charge on any atom is 0.227 e. The van der Waals surface area contributed by atoms with E-state index in [1.165, 1.54) is 11.1 Å². The van der Waals surface area contributed by atoms with Crippen molar-refractivity contribution in [2.75, 3.05) is 11.9 Å². The summed E-state index contributed by atoms with van der Waals surface area (Å²) in [4.78, 5) is 8.68. The number of aryl methyl sites for hydroxylation is 2. The second-order valence-corrected chi connectivity index (χ2v) is 5.00. The standard InChI is InChI=1S/C16H20N4S/c1-4-10-17-15-18-11-20(16(21)19-15)14-12(5-2)8-7-9-13(14)6-3/h4,7-9,11H,1,5-6,10H2,2-3H3,(H,17,19,21). The van der Waals surface area contributed by atoms with Crippen LogP contribution in [0.5, 0.6) is 0 Å². The monoisotopic (exact) mass is 300 g/mol. The number of aromatic nitrogens is 3. The highest BCUT2D eigenvalue weighted by atomic mass is 32.1. The van der Waals surface area contributed by atoms with Crippen LogP contribution in [0.15, 0.2) is 37.2 Å². The molecule has 0 radical (unpaired) electrons. The van der Waals surface area contributed by atoms with E-state index in [9.17, 15) is 0 Å². The lowest BCUT2D eigenvalue weighted by atomic mass is 10.0. The van der Waals surface area contributed by atoms with Crippen LogP contribution >= 0.6 is 12.2 Å². The molecule has 0 aliphatic carbocycles. The molecule has 0 spiro atoms. The first-order valence-corrected chi connectivity index (χ1v) is 7.53. The molecular formula is C16H20N4S. The summed E-state index contributed by atoms with van der Waals surface area (Å²) in [5.74, 6) is 0.531. The lowest BCUT2D eigenvalue weighted by Crippen LogP contribution is -2.10. The van der Waals surface area contributed by atoms with Gasteiger partial charge in [-0.2, -0.15) is 4.98 Å². The average molecular weight is 300 g/mol. The fraction of sp³-hybridized carbons (Fsp3) is 0.312. The Kier molecular flexibility index (Phi) is 5.22. The molecule has 0 saturated carbocycles. The summed E-state index contributed by atoms with van der Waals surface area (Å²) in [5.41, 5.74) is 3.62. The van der Waals surface area contributed by atoms with Crippen molar-refractivity contribution < 1.29 is 0 Å². The average Bonchev–Trinajstić information content (AvgIpc) is 2.52. The van der Waals surface area contributed by atoms with Gasteiger partial charge in [-0.15, -0.1) is 6.58 Å². The molecule has 0 fully saturated rings. The highest BCUT2D eigenvalue weighted by Gasteiger charge is 2.10. The van der Waals surface area contributed by atoms with Crippen LogP contribution in [-0.2, 0) is 12.8 Å². The van der Waals surface area contributed by atoms with Crippen LogP contribution in [0.1, 0.15) is 25.0 Å². The molecule has 4 nitrogen and oxygen atoms in total. The maximum absolute atomic E-state index is 5.43. The van der Waals surface area contributed by atoms with E-state index in [2.05, 4.69) is 53.9 Å². The fourth-order valence-electron chi connectivity index (χ4n) is 2.26. The summed E-state index contributed by atoms with van der Waals surface area (Å²) in [7, 11) is 0. The van der Waals surface area contributed by atoms with E-state index in [1.54, 1.807) is 12.4 Å². The highest BCUT2D eigenvalue weighted by molar-refractivity contribution is 7.71. The molecule has 2 rings (SSSR count). The Bertz CT molecular complexity index is 669. The minimum atomic E-state index is 0.507. The van der Waals surface area contributed by atoms with Gasteiger partial charge in [0.15, 0.2) is 0 Å². The third-order valence-corrected chi connectivity index (χ3v) is 3.60. The zero-order valence-corrected chi connectivity index (χ0v) is 13.3. The molecule has 5 heteroatoms. The Hall–Kier alpha value is -2.01. The molecule has 21 heavy (non-hydrogen) atoms. The van der Waals surface area contributed by atoms with Crippen molar-refractivity contribution in [2.24, 2.45) is 0 Å². The molecular weight excluding hydrogens is 280 g/mol. The second-order valence-electron chi connectivity index (χ2n) is 4.63. The van der Waals surface area contributed by atoms with Crippen molar-refractivity contribution in [3.05, 3.63) is 53.1 Å².